The topological polar surface area (TPSA) is 21.9 Å². The van der Waals surface area contributed by atoms with E-state index in [-0.39, 0.29) is 6.04 Å². The Morgan fingerprint density at radius 3 is 2.33 bits per heavy atom. The van der Waals surface area contributed by atoms with Crippen molar-refractivity contribution in [3.8, 4) is 0 Å². The van der Waals surface area contributed by atoms with Gasteiger partial charge in [0.05, 0.1) is 0 Å². The second kappa shape index (κ2) is 2.60. The fraction of sp³-hybridized carbons (Fsp3) is 1.00. The Balaban J connectivity index is 2.28. The molecule has 1 nitrogen and oxygen atoms in total. The van der Waals surface area contributed by atoms with Crippen molar-refractivity contribution in [1.29, 1.82) is 0 Å². The summed E-state index contributed by atoms with van der Waals surface area (Å²) in [5, 5.41) is 2.89. The Bertz CT molecular complexity index is 89.1. The summed E-state index contributed by atoms with van der Waals surface area (Å²) in [5.41, 5.74) is 0. The van der Waals surface area contributed by atoms with E-state index >= 15 is 0 Å². The SMILES string of the molecule is CC[C@@H](C(F)F)C1CN1. The molecule has 0 amide bonds. The molecule has 9 heavy (non-hydrogen) atoms. The quantitative estimate of drug-likeness (QED) is 0.578. The summed E-state index contributed by atoms with van der Waals surface area (Å²) in [6, 6.07) is 0.106. The number of hydrogen-bond acceptors (Lipinski definition) is 1. The van der Waals surface area contributed by atoms with Crippen LogP contribution in [0.25, 0.3) is 0 Å². The Kier molecular flexibility index (Phi) is 2.01. The molecule has 0 aromatic carbocycles. The maximum Gasteiger partial charge on any atom is 0.242 e. The molecule has 54 valence electrons. The van der Waals surface area contributed by atoms with Gasteiger partial charge in [-0.2, -0.15) is 0 Å². The fourth-order valence-corrected chi connectivity index (χ4v) is 1.01. The first-order chi connectivity index (χ1) is 4.25. The summed E-state index contributed by atoms with van der Waals surface area (Å²) < 4.78 is 23.9. The molecule has 0 radical (unpaired) electrons. The van der Waals surface area contributed by atoms with Crippen molar-refractivity contribution < 1.29 is 8.78 Å². The van der Waals surface area contributed by atoms with Crippen LogP contribution >= 0.6 is 0 Å². The van der Waals surface area contributed by atoms with Crippen LogP contribution in [0.2, 0.25) is 0 Å². The molecule has 0 aromatic heterocycles. The van der Waals surface area contributed by atoms with Gasteiger partial charge in [0.1, 0.15) is 0 Å². The second-order valence-corrected chi connectivity index (χ2v) is 2.42. The molecule has 0 saturated carbocycles. The van der Waals surface area contributed by atoms with Crippen LogP contribution in [-0.2, 0) is 0 Å². The summed E-state index contributed by atoms with van der Waals surface area (Å²) in [7, 11) is 0. The van der Waals surface area contributed by atoms with E-state index in [9.17, 15) is 8.78 Å². The minimum atomic E-state index is -2.14. The van der Waals surface area contributed by atoms with Gasteiger partial charge < -0.3 is 5.32 Å². The summed E-state index contributed by atoms with van der Waals surface area (Å²) in [6.45, 7) is 2.58. The van der Waals surface area contributed by atoms with Gasteiger partial charge in [0.2, 0.25) is 6.43 Å². The maximum atomic E-state index is 12.0. The summed E-state index contributed by atoms with van der Waals surface area (Å²) >= 11 is 0. The molecule has 1 N–H and O–H groups in total. The monoisotopic (exact) mass is 135 g/mol. The normalized spacial score (nSPS) is 28.7. The van der Waals surface area contributed by atoms with Crippen molar-refractivity contribution in [2.45, 2.75) is 25.8 Å². The highest BCUT2D eigenvalue weighted by Gasteiger charge is 2.34. The van der Waals surface area contributed by atoms with Crippen LogP contribution in [0.5, 0.6) is 0 Å². The molecule has 0 bridgehead atoms. The lowest BCUT2D eigenvalue weighted by Crippen LogP contribution is -2.18. The highest BCUT2D eigenvalue weighted by molar-refractivity contribution is 4.90. The van der Waals surface area contributed by atoms with Crippen molar-refractivity contribution in [3.05, 3.63) is 0 Å². The fourth-order valence-electron chi connectivity index (χ4n) is 1.01. The number of hydrogen-bond donors (Lipinski definition) is 1. The zero-order valence-corrected chi connectivity index (χ0v) is 5.40. The van der Waals surface area contributed by atoms with Crippen molar-refractivity contribution in [1.82, 2.24) is 5.32 Å². The molecule has 1 unspecified atom stereocenters. The van der Waals surface area contributed by atoms with Crippen LogP contribution in [0.4, 0.5) is 8.78 Å². The molecular weight excluding hydrogens is 124 g/mol. The zero-order valence-electron chi connectivity index (χ0n) is 5.40. The Labute approximate surface area is 53.4 Å². The molecular formula is C6H11F2N. The molecule has 3 heteroatoms. The predicted molar refractivity (Wildman–Crippen MR) is 31.6 cm³/mol. The lowest BCUT2D eigenvalue weighted by molar-refractivity contribution is 0.0743. The average molecular weight is 135 g/mol. The van der Waals surface area contributed by atoms with E-state index in [4.69, 9.17) is 0 Å². The number of nitrogens with one attached hydrogen (secondary N) is 1. The average Bonchev–Trinajstić information content (AvgIpc) is 2.50. The Hall–Kier alpha value is -0.180. The van der Waals surface area contributed by atoms with E-state index in [0.29, 0.717) is 6.42 Å². The molecule has 0 aliphatic carbocycles. The minimum Gasteiger partial charge on any atom is -0.311 e. The Morgan fingerprint density at radius 2 is 2.22 bits per heavy atom. The van der Waals surface area contributed by atoms with Gasteiger partial charge in [-0.25, -0.2) is 8.78 Å². The van der Waals surface area contributed by atoms with Crippen molar-refractivity contribution >= 4 is 0 Å². The molecule has 1 aliphatic heterocycles. The third kappa shape index (κ3) is 1.61. The molecule has 2 atom stereocenters. The Morgan fingerprint density at radius 1 is 1.67 bits per heavy atom. The minimum absolute atomic E-state index is 0.106. The summed E-state index contributed by atoms with van der Waals surface area (Å²) in [4.78, 5) is 0. The van der Waals surface area contributed by atoms with Gasteiger partial charge in [-0.05, 0) is 6.42 Å². The first-order valence-corrected chi connectivity index (χ1v) is 3.27. The van der Waals surface area contributed by atoms with Gasteiger partial charge in [0, 0.05) is 18.5 Å². The maximum absolute atomic E-state index is 12.0. The van der Waals surface area contributed by atoms with Gasteiger partial charge >= 0.3 is 0 Å². The van der Waals surface area contributed by atoms with Gasteiger partial charge in [0.15, 0.2) is 0 Å². The summed E-state index contributed by atoms with van der Waals surface area (Å²) in [5.74, 6) is -0.412. The molecule has 1 rings (SSSR count). The highest BCUT2D eigenvalue weighted by atomic mass is 19.3. The van der Waals surface area contributed by atoms with Gasteiger partial charge in [-0.15, -0.1) is 0 Å². The van der Waals surface area contributed by atoms with Crippen molar-refractivity contribution in [3.63, 3.8) is 0 Å². The molecule has 0 aromatic rings. The third-order valence-electron chi connectivity index (χ3n) is 1.75. The third-order valence-corrected chi connectivity index (χ3v) is 1.75. The molecule has 0 spiro atoms. The number of rotatable bonds is 3. The van der Waals surface area contributed by atoms with Gasteiger partial charge in [-0.3, -0.25) is 0 Å². The van der Waals surface area contributed by atoms with Gasteiger partial charge in [0.25, 0.3) is 0 Å². The molecule has 1 heterocycles. The number of alkyl halides is 2. The molecule has 1 aliphatic rings. The van der Waals surface area contributed by atoms with Crippen LogP contribution in [0.3, 0.4) is 0 Å². The van der Waals surface area contributed by atoms with Crippen LogP contribution in [-0.4, -0.2) is 19.0 Å². The van der Waals surface area contributed by atoms with Crippen LogP contribution < -0.4 is 5.32 Å². The van der Waals surface area contributed by atoms with E-state index in [0.717, 1.165) is 6.54 Å². The van der Waals surface area contributed by atoms with Gasteiger partial charge in [-0.1, -0.05) is 6.92 Å². The van der Waals surface area contributed by atoms with E-state index < -0.39 is 12.3 Å². The highest BCUT2D eigenvalue weighted by Crippen LogP contribution is 2.22. The lowest BCUT2D eigenvalue weighted by Gasteiger charge is -2.09. The second-order valence-electron chi connectivity index (χ2n) is 2.42. The molecule has 1 saturated heterocycles. The van der Waals surface area contributed by atoms with Crippen molar-refractivity contribution in [2.75, 3.05) is 6.54 Å². The van der Waals surface area contributed by atoms with Crippen LogP contribution in [0.15, 0.2) is 0 Å². The van der Waals surface area contributed by atoms with Crippen LogP contribution in [0, 0.1) is 5.92 Å². The lowest BCUT2D eigenvalue weighted by atomic mass is 10.0. The largest absolute Gasteiger partial charge is 0.311 e. The van der Waals surface area contributed by atoms with E-state index in [1.165, 1.54) is 0 Å². The van der Waals surface area contributed by atoms with Crippen molar-refractivity contribution in [2.24, 2.45) is 5.92 Å². The first-order valence-electron chi connectivity index (χ1n) is 3.27. The smallest absolute Gasteiger partial charge is 0.242 e. The molecule has 1 fully saturated rings. The standard InChI is InChI=1S/C6H11F2N/c1-2-4(6(7)8)5-3-9-5/h4-6,9H,2-3H2,1H3/t4-,5?/m1/s1. The van der Waals surface area contributed by atoms with Crippen LogP contribution in [0.1, 0.15) is 13.3 Å². The predicted octanol–water partition coefficient (Wildman–Crippen LogP) is 1.25. The van der Waals surface area contributed by atoms with E-state index in [1.54, 1.807) is 6.92 Å². The summed E-state index contributed by atoms with van der Waals surface area (Å²) in [6.07, 6.45) is -1.56. The number of halogens is 2. The van der Waals surface area contributed by atoms with E-state index in [2.05, 4.69) is 5.32 Å². The van der Waals surface area contributed by atoms with E-state index in [1.807, 2.05) is 0 Å². The first kappa shape index (κ1) is 6.93. The zero-order chi connectivity index (χ0) is 6.85.